The zero-order valence-corrected chi connectivity index (χ0v) is 20.2. The Morgan fingerprint density at radius 2 is 1.94 bits per heavy atom. The van der Waals surface area contributed by atoms with Crippen molar-refractivity contribution in [3.63, 3.8) is 0 Å². The van der Waals surface area contributed by atoms with Gasteiger partial charge in [0.2, 0.25) is 11.8 Å². The Bertz CT molecular complexity index is 944. The molecule has 178 valence electrons. The molecule has 1 aliphatic rings. The molecule has 1 aromatic heterocycles. The van der Waals surface area contributed by atoms with Crippen LogP contribution >= 0.6 is 11.3 Å². The molecule has 3 rings (SSSR count). The highest BCUT2D eigenvalue weighted by molar-refractivity contribution is 7.18. The standard InChI is InChI=1S/C25H33N3O4S/c1-3-9-22(29)26-15-18-10-8-13-28(16-18)17-23(30)27-20-14-21(19-11-6-5-7-12-19)33-24(20)25(31)32-4-2/h5-7,11-12,14,18H,3-4,8-10,13,15-17H2,1-2H3,(H,26,29)(H,27,30). The number of nitrogens with zero attached hydrogens (tertiary/aromatic N) is 1. The van der Waals surface area contributed by atoms with Crippen molar-refractivity contribution in [2.24, 2.45) is 5.92 Å². The monoisotopic (exact) mass is 471 g/mol. The van der Waals surface area contributed by atoms with Crippen molar-refractivity contribution in [2.45, 2.75) is 39.5 Å². The average molecular weight is 472 g/mol. The van der Waals surface area contributed by atoms with E-state index in [1.54, 1.807) is 6.92 Å². The molecule has 2 N–H and O–H groups in total. The van der Waals surface area contributed by atoms with Gasteiger partial charge in [-0.1, -0.05) is 37.3 Å². The van der Waals surface area contributed by atoms with Gasteiger partial charge >= 0.3 is 5.97 Å². The molecule has 1 aliphatic heterocycles. The van der Waals surface area contributed by atoms with Crippen molar-refractivity contribution in [3.8, 4) is 10.4 Å². The van der Waals surface area contributed by atoms with Crippen LogP contribution in [-0.4, -0.2) is 55.5 Å². The van der Waals surface area contributed by atoms with Crippen molar-refractivity contribution in [1.82, 2.24) is 10.2 Å². The number of hydrogen-bond donors (Lipinski definition) is 2. The van der Waals surface area contributed by atoms with Crippen molar-refractivity contribution in [1.29, 1.82) is 0 Å². The van der Waals surface area contributed by atoms with Crippen LogP contribution in [0.15, 0.2) is 36.4 Å². The van der Waals surface area contributed by atoms with E-state index in [1.165, 1.54) is 11.3 Å². The van der Waals surface area contributed by atoms with Gasteiger partial charge in [-0.3, -0.25) is 14.5 Å². The summed E-state index contributed by atoms with van der Waals surface area (Å²) in [4.78, 5) is 40.5. The molecule has 0 bridgehead atoms. The maximum atomic E-state index is 12.8. The number of benzene rings is 1. The summed E-state index contributed by atoms with van der Waals surface area (Å²) in [5.41, 5.74) is 1.47. The first-order valence-corrected chi connectivity index (χ1v) is 12.5. The smallest absolute Gasteiger partial charge is 0.350 e. The maximum absolute atomic E-state index is 12.8. The Kier molecular flexibility index (Phi) is 9.45. The summed E-state index contributed by atoms with van der Waals surface area (Å²) >= 11 is 1.32. The molecule has 0 spiro atoms. The molecular weight excluding hydrogens is 438 g/mol. The third-order valence-electron chi connectivity index (χ3n) is 5.56. The van der Waals surface area contributed by atoms with Gasteiger partial charge in [0.05, 0.1) is 18.8 Å². The number of likely N-dealkylation sites (tertiary alicyclic amines) is 1. The highest BCUT2D eigenvalue weighted by Gasteiger charge is 2.24. The molecule has 8 heteroatoms. The van der Waals surface area contributed by atoms with E-state index in [9.17, 15) is 14.4 Å². The van der Waals surface area contributed by atoms with Crippen LogP contribution in [0.5, 0.6) is 0 Å². The molecule has 2 heterocycles. The van der Waals surface area contributed by atoms with Crippen LogP contribution in [-0.2, 0) is 14.3 Å². The molecule has 2 amide bonds. The highest BCUT2D eigenvalue weighted by Crippen LogP contribution is 2.35. The Morgan fingerprint density at radius 1 is 1.15 bits per heavy atom. The summed E-state index contributed by atoms with van der Waals surface area (Å²) in [5.74, 6) is -0.159. The number of amides is 2. The number of nitrogens with one attached hydrogen (secondary N) is 2. The predicted octanol–water partition coefficient (Wildman–Crippen LogP) is 4.16. The van der Waals surface area contributed by atoms with Crippen LogP contribution in [0, 0.1) is 5.92 Å². The molecule has 1 aromatic carbocycles. The number of carbonyl (C=O) groups is 3. The molecule has 0 aliphatic carbocycles. The van der Waals surface area contributed by atoms with E-state index in [2.05, 4.69) is 15.5 Å². The average Bonchev–Trinajstić information content (AvgIpc) is 3.22. The van der Waals surface area contributed by atoms with Gasteiger partial charge in [-0.15, -0.1) is 11.3 Å². The Labute approximate surface area is 199 Å². The SMILES string of the molecule is CCCC(=O)NCC1CCCN(CC(=O)Nc2cc(-c3ccccc3)sc2C(=O)OCC)C1. The highest BCUT2D eigenvalue weighted by atomic mass is 32.1. The first-order chi connectivity index (χ1) is 16.0. The second-order valence-corrected chi connectivity index (χ2v) is 9.34. The summed E-state index contributed by atoms with van der Waals surface area (Å²) in [6.45, 7) is 6.53. The number of piperidine rings is 1. The van der Waals surface area contributed by atoms with Crippen molar-refractivity contribution in [2.75, 3.05) is 38.1 Å². The van der Waals surface area contributed by atoms with Gasteiger partial charge in [-0.2, -0.15) is 0 Å². The first kappa shape index (κ1) is 24.9. The third-order valence-corrected chi connectivity index (χ3v) is 6.72. The molecule has 0 radical (unpaired) electrons. The van der Waals surface area contributed by atoms with Crippen LogP contribution in [0.2, 0.25) is 0 Å². The zero-order valence-electron chi connectivity index (χ0n) is 19.4. The number of anilines is 1. The Hall–Kier alpha value is -2.71. The molecule has 7 nitrogen and oxygen atoms in total. The molecular formula is C25H33N3O4S. The number of hydrogen-bond acceptors (Lipinski definition) is 6. The van der Waals surface area contributed by atoms with Crippen molar-refractivity contribution < 1.29 is 19.1 Å². The van der Waals surface area contributed by atoms with Gasteiger partial charge in [-0.05, 0) is 50.3 Å². The van der Waals surface area contributed by atoms with Gasteiger partial charge in [-0.25, -0.2) is 4.79 Å². The Morgan fingerprint density at radius 3 is 2.67 bits per heavy atom. The van der Waals surface area contributed by atoms with E-state index in [0.29, 0.717) is 29.4 Å². The lowest BCUT2D eigenvalue weighted by atomic mass is 9.98. The van der Waals surface area contributed by atoms with Gasteiger partial charge < -0.3 is 15.4 Å². The molecule has 2 aromatic rings. The van der Waals surface area contributed by atoms with Crippen molar-refractivity contribution in [3.05, 3.63) is 41.3 Å². The number of carbonyl (C=O) groups excluding carboxylic acids is 3. The minimum absolute atomic E-state index is 0.0885. The molecule has 1 atom stereocenters. The molecule has 1 unspecified atom stereocenters. The molecule has 33 heavy (non-hydrogen) atoms. The number of thiophene rings is 1. The third kappa shape index (κ3) is 7.40. The zero-order chi connectivity index (χ0) is 23.6. The van der Waals surface area contributed by atoms with Crippen LogP contribution < -0.4 is 10.6 Å². The lowest BCUT2D eigenvalue weighted by molar-refractivity contribution is -0.121. The van der Waals surface area contributed by atoms with E-state index < -0.39 is 5.97 Å². The van der Waals surface area contributed by atoms with Crippen molar-refractivity contribution >= 4 is 34.8 Å². The normalized spacial score (nSPS) is 16.2. The Balaban J connectivity index is 1.62. The van der Waals surface area contributed by atoms with Crippen LogP contribution in [0.25, 0.3) is 10.4 Å². The number of esters is 1. The van der Waals surface area contributed by atoms with Gasteiger partial charge in [0, 0.05) is 24.4 Å². The molecule has 1 saturated heterocycles. The maximum Gasteiger partial charge on any atom is 0.350 e. The predicted molar refractivity (Wildman–Crippen MR) is 131 cm³/mol. The topological polar surface area (TPSA) is 87.7 Å². The fraction of sp³-hybridized carbons (Fsp3) is 0.480. The summed E-state index contributed by atoms with van der Waals surface area (Å²) in [6.07, 6.45) is 3.42. The van der Waals surface area contributed by atoms with E-state index >= 15 is 0 Å². The lowest BCUT2D eigenvalue weighted by Gasteiger charge is -2.32. The number of ether oxygens (including phenoxy) is 1. The second kappa shape index (κ2) is 12.5. The van der Waals surface area contributed by atoms with E-state index in [4.69, 9.17) is 4.74 Å². The summed E-state index contributed by atoms with van der Waals surface area (Å²) in [5, 5.41) is 5.93. The molecule has 0 saturated carbocycles. The number of rotatable bonds is 10. The summed E-state index contributed by atoms with van der Waals surface area (Å²) < 4.78 is 5.20. The van der Waals surface area contributed by atoms with E-state index in [1.807, 2.05) is 43.3 Å². The summed E-state index contributed by atoms with van der Waals surface area (Å²) in [7, 11) is 0. The minimum atomic E-state index is -0.430. The lowest BCUT2D eigenvalue weighted by Crippen LogP contribution is -2.43. The van der Waals surface area contributed by atoms with Gasteiger partial charge in [0.1, 0.15) is 4.88 Å². The fourth-order valence-corrected chi connectivity index (χ4v) is 5.02. The van der Waals surface area contributed by atoms with Crippen LogP contribution in [0.1, 0.15) is 49.2 Å². The van der Waals surface area contributed by atoms with Crippen LogP contribution in [0.3, 0.4) is 0 Å². The second-order valence-electron chi connectivity index (χ2n) is 8.29. The quantitative estimate of drug-likeness (QED) is 0.508. The largest absolute Gasteiger partial charge is 0.462 e. The molecule has 1 fully saturated rings. The minimum Gasteiger partial charge on any atom is -0.462 e. The van der Waals surface area contributed by atoms with Gasteiger partial charge in [0.25, 0.3) is 0 Å². The van der Waals surface area contributed by atoms with Gasteiger partial charge in [0.15, 0.2) is 0 Å². The summed E-state index contributed by atoms with van der Waals surface area (Å²) in [6, 6.07) is 11.6. The van der Waals surface area contributed by atoms with Crippen LogP contribution in [0.4, 0.5) is 5.69 Å². The fourth-order valence-electron chi connectivity index (χ4n) is 4.00. The first-order valence-electron chi connectivity index (χ1n) is 11.6. The van der Waals surface area contributed by atoms with E-state index in [0.717, 1.165) is 42.8 Å². The van der Waals surface area contributed by atoms with E-state index in [-0.39, 0.29) is 25.0 Å².